The molecular formula is C22H22FN5. The lowest BCUT2D eigenvalue weighted by atomic mass is 9.91. The number of halogens is 1. The van der Waals surface area contributed by atoms with Crippen LogP contribution in [0.1, 0.15) is 31.7 Å². The number of aromatic nitrogens is 4. The molecule has 5 nitrogen and oxygen atoms in total. The van der Waals surface area contributed by atoms with E-state index in [1.165, 1.54) is 12.1 Å². The van der Waals surface area contributed by atoms with Crippen molar-refractivity contribution in [2.75, 3.05) is 0 Å². The predicted molar refractivity (Wildman–Crippen MR) is 108 cm³/mol. The van der Waals surface area contributed by atoms with Gasteiger partial charge in [0.1, 0.15) is 11.5 Å². The summed E-state index contributed by atoms with van der Waals surface area (Å²) < 4.78 is 15.8. The summed E-state index contributed by atoms with van der Waals surface area (Å²) in [7, 11) is 0. The van der Waals surface area contributed by atoms with Crippen molar-refractivity contribution in [1.29, 1.82) is 0 Å². The van der Waals surface area contributed by atoms with Gasteiger partial charge in [0.2, 0.25) is 0 Å². The highest BCUT2D eigenvalue weighted by Gasteiger charge is 2.25. The van der Waals surface area contributed by atoms with Crippen molar-refractivity contribution < 1.29 is 4.39 Å². The van der Waals surface area contributed by atoms with Crippen molar-refractivity contribution in [3.8, 4) is 22.5 Å². The Labute approximate surface area is 162 Å². The topological polar surface area (TPSA) is 72.5 Å². The smallest absolute Gasteiger partial charge is 0.137 e. The van der Waals surface area contributed by atoms with Gasteiger partial charge in [-0.3, -0.25) is 0 Å². The third kappa shape index (κ3) is 2.90. The van der Waals surface area contributed by atoms with Gasteiger partial charge in [-0.2, -0.15) is 0 Å². The van der Waals surface area contributed by atoms with Crippen molar-refractivity contribution in [2.24, 2.45) is 5.73 Å². The normalized spacial score (nSPS) is 19.9. The number of pyridine rings is 1. The van der Waals surface area contributed by atoms with Gasteiger partial charge in [-0.25, -0.2) is 14.4 Å². The van der Waals surface area contributed by atoms with Crippen molar-refractivity contribution in [2.45, 2.75) is 37.8 Å². The van der Waals surface area contributed by atoms with E-state index in [4.69, 9.17) is 10.7 Å². The molecule has 0 amide bonds. The Hall–Kier alpha value is -2.99. The maximum atomic E-state index is 13.5. The lowest BCUT2D eigenvalue weighted by Gasteiger charge is -2.28. The zero-order chi connectivity index (χ0) is 19.1. The Morgan fingerprint density at radius 2 is 1.79 bits per heavy atom. The number of imidazole rings is 1. The summed E-state index contributed by atoms with van der Waals surface area (Å²) in [6.45, 7) is 0. The molecule has 3 N–H and O–H groups in total. The van der Waals surface area contributed by atoms with Crippen LogP contribution in [0, 0.1) is 5.82 Å². The Balaban J connectivity index is 1.70. The van der Waals surface area contributed by atoms with Gasteiger partial charge >= 0.3 is 0 Å². The summed E-state index contributed by atoms with van der Waals surface area (Å²) in [5, 5.41) is 1.06. The van der Waals surface area contributed by atoms with E-state index >= 15 is 0 Å². The van der Waals surface area contributed by atoms with Gasteiger partial charge in [-0.15, -0.1) is 0 Å². The molecule has 5 rings (SSSR count). The van der Waals surface area contributed by atoms with E-state index < -0.39 is 0 Å². The third-order valence-electron chi connectivity index (χ3n) is 5.76. The van der Waals surface area contributed by atoms with E-state index in [0.717, 1.165) is 59.2 Å². The number of hydrogen-bond donors (Lipinski definition) is 2. The first-order valence-corrected chi connectivity index (χ1v) is 9.71. The quantitative estimate of drug-likeness (QED) is 0.546. The molecule has 0 bridgehead atoms. The van der Waals surface area contributed by atoms with Crippen LogP contribution >= 0.6 is 0 Å². The molecule has 142 valence electrons. The van der Waals surface area contributed by atoms with Crippen molar-refractivity contribution >= 4 is 11.0 Å². The molecule has 0 unspecified atom stereocenters. The summed E-state index contributed by atoms with van der Waals surface area (Å²) in [6.07, 6.45) is 9.75. The zero-order valence-corrected chi connectivity index (χ0v) is 15.5. The average Bonchev–Trinajstić information content (AvgIpc) is 3.36. The third-order valence-corrected chi connectivity index (χ3v) is 5.76. The Bertz CT molecular complexity index is 1100. The first-order valence-electron chi connectivity index (χ1n) is 9.71. The lowest BCUT2D eigenvalue weighted by Crippen LogP contribution is -2.27. The van der Waals surface area contributed by atoms with Crippen molar-refractivity contribution in [3.63, 3.8) is 0 Å². The van der Waals surface area contributed by atoms with Crippen LogP contribution in [0.15, 0.2) is 55.1 Å². The molecule has 0 spiro atoms. The second-order valence-electron chi connectivity index (χ2n) is 7.52. The average molecular weight is 375 g/mol. The molecule has 0 atom stereocenters. The van der Waals surface area contributed by atoms with Crippen LogP contribution < -0.4 is 5.73 Å². The van der Waals surface area contributed by atoms with Gasteiger partial charge in [-0.05, 0) is 62.1 Å². The van der Waals surface area contributed by atoms with Crippen LogP contribution in [0.5, 0.6) is 0 Å². The predicted octanol–water partition coefficient (Wildman–Crippen LogP) is 4.67. The number of hydrogen-bond acceptors (Lipinski definition) is 3. The number of fused-ring (bicyclic) bond motifs is 1. The molecule has 28 heavy (non-hydrogen) atoms. The number of H-pyrrole nitrogens is 1. The molecule has 6 heteroatoms. The zero-order valence-electron chi connectivity index (χ0n) is 15.5. The molecule has 0 aliphatic heterocycles. The van der Waals surface area contributed by atoms with E-state index in [-0.39, 0.29) is 11.9 Å². The standard InChI is InChI=1S/C22H22FN5/c23-15-3-1-14(2-4-15)20-21(18-9-11-25-22-19(18)10-12-26-22)28(13-27-20)17-7-5-16(24)6-8-17/h1-4,9-13,16-17H,5-8,24H2,(H,25,26)/t16-,17-. The molecule has 4 aromatic rings. The van der Waals surface area contributed by atoms with Gasteiger partial charge in [-0.1, -0.05) is 0 Å². The van der Waals surface area contributed by atoms with Gasteiger partial charge in [0.15, 0.2) is 0 Å². The van der Waals surface area contributed by atoms with Gasteiger partial charge in [0, 0.05) is 41.0 Å². The van der Waals surface area contributed by atoms with E-state index in [2.05, 4.69) is 14.5 Å². The van der Waals surface area contributed by atoms with Crippen LogP contribution in [0.2, 0.25) is 0 Å². The minimum absolute atomic E-state index is 0.247. The van der Waals surface area contributed by atoms with Crippen LogP contribution in [0.4, 0.5) is 4.39 Å². The Morgan fingerprint density at radius 1 is 1.00 bits per heavy atom. The fourth-order valence-corrected chi connectivity index (χ4v) is 4.27. The van der Waals surface area contributed by atoms with Crippen LogP contribution in [0.3, 0.4) is 0 Å². The van der Waals surface area contributed by atoms with E-state index in [0.29, 0.717) is 6.04 Å². The summed E-state index contributed by atoms with van der Waals surface area (Å²) >= 11 is 0. The minimum atomic E-state index is -0.247. The highest BCUT2D eigenvalue weighted by Crippen LogP contribution is 2.39. The monoisotopic (exact) mass is 375 g/mol. The number of benzene rings is 1. The molecular weight excluding hydrogens is 353 g/mol. The minimum Gasteiger partial charge on any atom is -0.346 e. The summed E-state index contributed by atoms with van der Waals surface area (Å²) in [5.41, 5.74) is 10.9. The number of rotatable bonds is 3. The highest BCUT2D eigenvalue weighted by atomic mass is 19.1. The maximum Gasteiger partial charge on any atom is 0.137 e. The Morgan fingerprint density at radius 3 is 2.57 bits per heavy atom. The summed E-state index contributed by atoms with van der Waals surface area (Å²) in [5.74, 6) is -0.247. The molecule has 1 aromatic carbocycles. The largest absolute Gasteiger partial charge is 0.346 e. The van der Waals surface area contributed by atoms with E-state index in [1.54, 1.807) is 12.1 Å². The highest BCUT2D eigenvalue weighted by molar-refractivity contribution is 5.95. The van der Waals surface area contributed by atoms with E-state index in [9.17, 15) is 4.39 Å². The van der Waals surface area contributed by atoms with Crippen LogP contribution in [0.25, 0.3) is 33.5 Å². The molecule has 3 aromatic heterocycles. The number of aromatic amines is 1. The van der Waals surface area contributed by atoms with Gasteiger partial charge in [0.05, 0.1) is 17.7 Å². The van der Waals surface area contributed by atoms with E-state index in [1.807, 2.05) is 30.9 Å². The van der Waals surface area contributed by atoms with Crippen molar-refractivity contribution in [1.82, 2.24) is 19.5 Å². The molecule has 0 radical (unpaired) electrons. The molecule has 1 saturated carbocycles. The number of nitrogens with zero attached hydrogens (tertiary/aromatic N) is 3. The summed E-state index contributed by atoms with van der Waals surface area (Å²) in [4.78, 5) is 12.4. The second-order valence-corrected chi connectivity index (χ2v) is 7.52. The van der Waals surface area contributed by atoms with Gasteiger partial charge in [0.25, 0.3) is 0 Å². The van der Waals surface area contributed by atoms with Crippen molar-refractivity contribution in [3.05, 3.63) is 60.9 Å². The molecule has 1 fully saturated rings. The number of nitrogens with one attached hydrogen (secondary N) is 1. The van der Waals surface area contributed by atoms with Crippen LogP contribution in [-0.4, -0.2) is 25.6 Å². The fourth-order valence-electron chi connectivity index (χ4n) is 4.27. The fraction of sp³-hybridized carbons (Fsp3) is 0.273. The first kappa shape index (κ1) is 17.1. The lowest BCUT2D eigenvalue weighted by molar-refractivity contribution is 0.325. The Kier molecular flexibility index (Phi) is 4.20. The van der Waals surface area contributed by atoms with Gasteiger partial charge < -0.3 is 15.3 Å². The molecule has 1 aliphatic rings. The summed E-state index contributed by atoms with van der Waals surface area (Å²) in [6, 6.07) is 11.3. The number of nitrogens with two attached hydrogens (primary N) is 1. The SMILES string of the molecule is N[C@H]1CC[C@H](n2cnc(-c3ccc(F)cc3)c2-c2ccnc3[nH]ccc23)CC1. The molecule has 0 saturated heterocycles. The molecule has 3 heterocycles. The second kappa shape index (κ2) is 6.87. The van der Waals surface area contributed by atoms with Crippen LogP contribution in [-0.2, 0) is 0 Å². The molecule has 1 aliphatic carbocycles. The maximum absolute atomic E-state index is 13.5. The first-order chi connectivity index (χ1) is 13.7.